The fraction of sp³-hybridized carbons (Fsp3) is 0.500. The van der Waals surface area contributed by atoms with Crippen molar-refractivity contribution in [1.82, 2.24) is 10.9 Å². The number of amides is 1. The number of rotatable bonds is 5. The number of anilines is 1. The lowest BCUT2D eigenvalue weighted by atomic mass is 9.69. The van der Waals surface area contributed by atoms with Crippen molar-refractivity contribution in [2.45, 2.75) is 25.4 Å². The molecule has 0 unspecified atom stereocenters. The quantitative estimate of drug-likeness (QED) is 0.646. The smallest absolute Gasteiger partial charge is 0.396 e. The van der Waals surface area contributed by atoms with Gasteiger partial charge < -0.3 is 10.4 Å². The summed E-state index contributed by atoms with van der Waals surface area (Å²) in [5, 5.41) is 12.3. The second kappa shape index (κ2) is 6.55. The van der Waals surface area contributed by atoms with Crippen LogP contribution < -0.4 is 16.2 Å². The molecule has 6 nitrogen and oxygen atoms in total. The second-order valence-electron chi connectivity index (χ2n) is 6.46. The first-order chi connectivity index (χ1) is 11.8. The number of halogens is 3. The number of hydrogen-bond donors (Lipinski definition) is 4. The van der Waals surface area contributed by atoms with Crippen molar-refractivity contribution in [3.63, 3.8) is 0 Å². The summed E-state index contributed by atoms with van der Waals surface area (Å²) < 4.78 is 40.3. The van der Waals surface area contributed by atoms with Crippen molar-refractivity contribution in [2.24, 2.45) is 10.4 Å². The third-order valence-corrected chi connectivity index (χ3v) is 4.70. The van der Waals surface area contributed by atoms with E-state index in [0.29, 0.717) is 6.54 Å². The molecule has 9 heteroatoms. The molecule has 1 heterocycles. The number of benzene rings is 1. The van der Waals surface area contributed by atoms with Gasteiger partial charge in [0.2, 0.25) is 0 Å². The van der Waals surface area contributed by atoms with E-state index in [0.717, 1.165) is 25.3 Å². The normalized spacial score (nSPS) is 19.4. The molecule has 0 spiro atoms. The summed E-state index contributed by atoms with van der Waals surface area (Å²) in [7, 11) is 0. The summed E-state index contributed by atoms with van der Waals surface area (Å²) in [6, 6.07) is 3.85. The molecule has 1 aliphatic carbocycles. The molecular formula is C16H19F3N4O2. The number of alkyl halides is 3. The number of aliphatic imine (C=N–C) groups is 1. The maximum absolute atomic E-state index is 13.4. The van der Waals surface area contributed by atoms with E-state index in [1.807, 2.05) is 0 Å². The number of nitrogens with one attached hydrogen (secondary N) is 3. The van der Waals surface area contributed by atoms with Gasteiger partial charge in [-0.1, -0.05) is 6.42 Å². The number of hydrogen-bond acceptors (Lipinski definition) is 5. The van der Waals surface area contributed by atoms with Gasteiger partial charge in [0.25, 0.3) is 5.91 Å². The van der Waals surface area contributed by atoms with Crippen LogP contribution in [0.2, 0.25) is 0 Å². The third kappa shape index (κ3) is 3.71. The Kier molecular flexibility index (Phi) is 4.59. The van der Waals surface area contributed by atoms with Crippen molar-refractivity contribution in [3.8, 4) is 0 Å². The molecule has 1 aromatic carbocycles. The highest BCUT2D eigenvalue weighted by Gasteiger charge is 2.38. The highest BCUT2D eigenvalue weighted by atomic mass is 19.4. The molecular weight excluding hydrogens is 337 g/mol. The van der Waals surface area contributed by atoms with Gasteiger partial charge in [0.1, 0.15) is 12.4 Å². The van der Waals surface area contributed by atoms with Crippen molar-refractivity contribution in [3.05, 3.63) is 29.3 Å². The standard InChI is InChI=1S/C16H19F3N4O2/c17-16(18,19)11-6-10(14-20-7-13(25)22-23-14)2-3-12(11)21-8-15(9-24)4-1-5-15/h2-3,6,21,24H,1,4-5,7-9H2,(H,20,23)(H,22,25). The molecule has 0 radical (unpaired) electrons. The predicted octanol–water partition coefficient (Wildman–Crippen LogP) is 1.66. The van der Waals surface area contributed by atoms with Crippen LogP contribution in [0.4, 0.5) is 18.9 Å². The van der Waals surface area contributed by atoms with Crippen LogP contribution in [0.3, 0.4) is 0 Å². The van der Waals surface area contributed by atoms with Crippen LogP contribution in [0, 0.1) is 5.41 Å². The Morgan fingerprint density at radius 3 is 2.56 bits per heavy atom. The first kappa shape index (κ1) is 17.5. The van der Waals surface area contributed by atoms with Crippen molar-refractivity contribution >= 4 is 17.4 Å². The monoisotopic (exact) mass is 356 g/mol. The highest BCUT2D eigenvalue weighted by molar-refractivity contribution is 6.03. The van der Waals surface area contributed by atoms with Gasteiger partial charge in [-0.25, -0.2) is 0 Å². The molecule has 1 fully saturated rings. The molecule has 1 amide bonds. The molecule has 2 aliphatic rings. The van der Waals surface area contributed by atoms with Gasteiger partial charge >= 0.3 is 6.18 Å². The van der Waals surface area contributed by atoms with Gasteiger partial charge in [0.15, 0.2) is 0 Å². The molecule has 0 atom stereocenters. The van der Waals surface area contributed by atoms with Gasteiger partial charge in [-0.2, -0.15) is 13.2 Å². The summed E-state index contributed by atoms with van der Waals surface area (Å²) in [6.07, 6.45) is -1.96. The summed E-state index contributed by atoms with van der Waals surface area (Å²) in [4.78, 5) is 15.0. The molecule has 136 valence electrons. The molecule has 0 saturated heterocycles. The zero-order valence-electron chi connectivity index (χ0n) is 13.4. The summed E-state index contributed by atoms with van der Waals surface area (Å²) in [5.74, 6) is -0.171. The molecule has 1 aromatic rings. The number of hydrazine groups is 1. The minimum absolute atomic E-state index is 0.0311. The topological polar surface area (TPSA) is 85.8 Å². The van der Waals surface area contributed by atoms with Crippen LogP contribution in [0.1, 0.15) is 30.4 Å². The molecule has 4 N–H and O–H groups in total. The van der Waals surface area contributed by atoms with E-state index in [2.05, 4.69) is 21.2 Å². The van der Waals surface area contributed by atoms with Crippen LogP contribution in [0.25, 0.3) is 0 Å². The van der Waals surface area contributed by atoms with Crippen molar-refractivity contribution in [2.75, 3.05) is 25.0 Å². The molecule has 0 bridgehead atoms. The van der Waals surface area contributed by atoms with Crippen LogP contribution in [-0.2, 0) is 11.0 Å². The number of carbonyl (C=O) groups excluding carboxylic acids is 1. The summed E-state index contributed by atoms with van der Waals surface area (Å²) >= 11 is 0. The van der Waals surface area contributed by atoms with Crippen molar-refractivity contribution in [1.29, 1.82) is 0 Å². The Morgan fingerprint density at radius 1 is 1.28 bits per heavy atom. The molecule has 25 heavy (non-hydrogen) atoms. The van der Waals surface area contributed by atoms with E-state index >= 15 is 0 Å². The lowest BCUT2D eigenvalue weighted by Gasteiger charge is -2.40. The van der Waals surface area contributed by atoms with Crippen LogP contribution in [0.5, 0.6) is 0 Å². The Balaban J connectivity index is 1.84. The Bertz CT molecular complexity index is 694. The lowest BCUT2D eigenvalue weighted by molar-refractivity contribution is -0.137. The van der Waals surface area contributed by atoms with E-state index in [4.69, 9.17) is 0 Å². The Morgan fingerprint density at radius 2 is 2.04 bits per heavy atom. The SMILES string of the molecule is O=C1CN=C(c2ccc(NCC3(CO)CCC3)c(C(F)(F)F)c2)NN1. The van der Waals surface area contributed by atoms with Gasteiger partial charge in [-0.15, -0.1) is 0 Å². The van der Waals surface area contributed by atoms with Gasteiger partial charge in [-0.3, -0.25) is 20.6 Å². The minimum Gasteiger partial charge on any atom is -0.396 e. The average molecular weight is 356 g/mol. The number of aliphatic hydroxyl groups excluding tert-OH is 1. The number of carbonyl (C=O) groups is 1. The van der Waals surface area contributed by atoms with Gasteiger partial charge in [0.05, 0.1) is 12.2 Å². The van der Waals surface area contributed by atoms with Crippen LogP contribution >= 0.6 is 0 Å². The number of nitrogens with zero attached hydrogens (tertiary/aromatic N) is 1. The Labute approximate surface area is 142 Å². The lowest BCUT2D eigenvalue weighted by Crippen LogP contribution is -2.47. The van der Waals surface area contributed by atoms with E-state index < -0.39 is 11.7 Å². The first-order valence-electron chi connectivity index (χ1n) is 7.99. The predicted molar refractivity (Wildman–Crippen MR) is 86.0 cm³/mol. The fourth-order valence-electron chi connectivity index (χ4n) is 2.95. The molecule has 3 rings (SSSR count). The minimum atomic E-state index is -4.54. The third-order valence-electron chi connectivity index (χ3n) is 4.70. The number of aliphatic hydroxyl groups is 1. The molecule has 1 saturated carbocycles. The second-order valence-corrected chi connectivity index (χ2v) is 6.46. The van der Waals surface area contributed by atoms with E-state index in [1.54, 1.807) is 0 Å². The summed E-state index contributed by atoms with van der Waals surface area (Å²) in [6.45, 7) is 0.115. The maximum Gasteiger partial charge on any atom is 0.418 e. The molecule has 1 aliphatic heterocycles. The maximum atomic E-state index is 13.4. The fourth-order valence-corrected chi connectivity index (χ4v) is 2.95. The van der Waals surface area contributed by atoms with Crippen LogP contribution in [0.15, 0.2) is 23.2 Å². The summed E-state index contributed by atoms with van der Waals surface area (Å²) in [5.41, 5.74) is 3.89. The average Bonchev–Trinajstić information content (AvgIpc) is 2.54. The van der Waals surface area contributed by atoms with Gasteiger partial charge in [0, 0.05) is 23.2 Å². The van der Waals surface area contributed by atoms with Gasteiger partial charge in [-0.05, 0) is 31.0 Å². The van der Waals surface area contributed by atoms with E-state index in [9.17, 15) is 23.1 Å². The van der Waals surface area contributed by atoms with E-state index in [-0.39, 0.29) is 41.6 Å². The molecule has 0 aromatic heterocycles. The zero-order chi connectivity index (χ0) is 18.1. The Hall–Kier alpha value is -2.29. The number of amidine groups is 1. The van der Waals surface area contributed by atoms with E-state index in [1.165, 1.54) is 12.1 Å². The zero-order valence-corrected chi connectivity index (χ0v) is 13.4. The highest BCUT2D eigenvalue weighted by Crippen LogP contribution is 2.41. The largest absolute Gasteiger partial charge is 0.418 e. The first-order valence-corrected chi connectivity index (χ1v) is 7.99. The van der Waals surface area contributed by atoms with Crippen molar-refractivity contribution < 1.29 is 23.1 Å². The van der Waals surface area contributed by atoms with Crippen LogP contribution in [-0.4, -0.2) is 36.5 Å².